The first-order valence-corrected chi connectivity index (χ1v) is 6.16. The van der Waals surface area contributed by atoms with Crippen molar-refractivity contribution in [3.05, 3.63) is 28.8 Å². The Morgan fingerprint density at radius 3 is 2.59 bits per heavy atom. The Hall–Kier alpha value is -1.20. The Morgan fingerprint density at radius 1 is 1.41 bits per heavy atom. The SMILES string of the molecule is CC(CNc1ccc(Cl)cc1C#N)C(C)(C)C. The molecule has 1 aromatic carbocycles. The fourth-order valence-electron chi connectivity index (χ4n) is 1.33. The predicted molar refractivity (Wildman–Crippen MR) is 73.3 cm³/mol. The zero-order valence-electron chi connectivity index (χ0n) is 10.8. The molecule has 0 aromatic heterocycles. The van der Waals surface area contributed by atoms with E-state index in [0.717, 1.165) is 12.2 Å². The number of nitrogens with one attached hydrogen (secondary N) is 1. The number of anilines is 1. The smallest absolute Gasteiger partial charge is 0.101 e. The summed E-state index contributed by atoms with van der Waals surface area (Å²) in [5.74, 6) is 0.518. The van der Waals surface area contributed by atoms with Gasteiger partial charge in [0.2, 0.25) is 0 Å². The van der Waals surface area contributed by atoms with Gasteiger partial charge in [0.05, 0.1) is 11.3 Å². The van der Waals surface area contributed by atoms with Gasteiger partial charge < -0.3 is 5.32 Å². The van der Waals surface area contributed by atoms with Gasteiger partial charge in [-0.05, 0) is 29.5 Å². The van der Waals surface area contributed by atoms with Crippen molar-refractivity contribution >= 4 is 17.3 Å². The van der Waals surface area contributed by atoms with E-state index in [1.54, 1.807) is 12.1 Å². The quantitative estimate of drug-likeness (QED) is 0.868. The highest BCUT2D eigenvalue weighted by molar-refractivity contribution is 6.30. The third-order valence-electron chi connectivity index (χ3n) is 3.18. The number of rotatable bonds is 3. The molecule has 0 bridgehead atoms. The van der Waals surface area contributed by atoms with Crippen molar-refractivity contribution in [2.24, 2.45) is 11.3 Å². The Bertz CT molecular complexity index is 427. The average Bonchev–Trinajstić information content (AvgIpc) is 2.25. The number of nitrogens with zero attached hydrogens (tertiary/aromatic N) is 1. The Kier molecular flexibility index (Phi) is 4.42. The third-order valence-corrected chi connectivity index (χ3v) is 3.41. The second-order valence-electron chi connectivity index (χ2n) is 5.45. The molecule has 0 radical (unpaired) electrons. The van der Waals surface area contributed by atoms with Crippen LogP contribution in [0.4, 0.5) is 5.69 Å². The summed E-state index contributed by atoms with van der Waals surface area (Å²) >= 11 is 5.85. The molecule has 1 N–H and O–H groups in total. The molecule has 0 amide bonds. The molecule has 0 aliphatic carbocycles. The summed E-state index contributed by atoms with van der Waals surface area (Å²) in [6, 6.07) is 7.49. The van der Waals surface area contributed by atoms with Gasteiger partial charge in [-0.25, -0.2) is 0 Å². The number of nitriles is 1. The van der Waals surface area contributed by atoms with Crippen molar-refractivity contribution in [3.63, 3.8) is 0 Å². The maximum Gasteiger partial charge on any atom is 0.101 e. The molecule has 92 valence electrons. The van der Waals surface area contributed by atoms with E-state index in [0.29, 0.717) is 16.5 Å². The summed E-state index contributed by atoms with van der Waals surface area (Å²) in [6.07, 6.45) is 0. The van der Waals surface area contributed by atoms with Crippen LogP contribution < -0.4 is 5.32 Å². The van der Waals surface area contributed by atoms with Gasteiger partial charge in [-0.2, -0.15) is 5.26 Å². The first kappa shape index (κ1) is 13.9. The normalized spacial score (nSPS) is 12.9. The standard InChI is InChI=1S/C14H19ClN2/c1-10(14(2,3)4)9-17-13-6-5-12(15)7-11(13)8-16/h5-7,10,17H,9H2,1-4H3. The summed E-state index contributed by atoms with van der Waals surface area (Å²) in [5, 5.41) is 12.9. The zero-order valence-corrected chi connectivity index (χ0v) is 11.6. The maximum absolute atomic E-state index is 9.02. The third kappa shape index (κ3) is 3.94. The van der Waals surface area contributed by atoms with Crippen LogP contribution >= 0.6 is 11.6 Å². The number of hydrogen-bond donors (Lipinski definition) is 1. The summed E-state index contributed by atoms with van der Waals surface area (Å²) in [7, 11) is 0. The Morgan fingerprint density at radius 2 is 2.06 bits per heavy atom. The summed E-state index contributed by atoms with van der Waals surface area (Å²) in [5.41, 5.74) is 1.71. The van der Waals surface area contributed by atoms with Crippen molar-refractivity contribution in [1.29, 1.82) is 5.26 Å². The lowest BCUT2D eigenvalue weighted by Crippen LogP contribution is -2.25. The van der Waals surface area contributed by atoms with Crippen molar-refractivity contribution in [2.45, 2.75) is 27.7 Å². The lowest BCUT2D eigenvalue weighted by Gasteiger charge is -2.27. The largest absolute Gasteiger partial charge is 0.384 e. The lowest BCUT2D eigenvalue weighted by atomic mass is 9.82. The van der Waals surface area contributed by atoms with Gasteiger partial charge in [0.25, 0.3) is 0 Å². The van der Waals surface area contributed by atoms with Crippen LogP contribution in [0.25, 0.3) is 0 Å². The fraction of sp³-hybridized carbons (Fsp3) is 0.500. The minimum atomic E-state index is 0.256. The fourth-order valence-corrected chi connectivity index (χ4v) is 1.50. The van der Waals surface area contributed by atoms with Gasteiger partial charge >= 0.3 is 0 Å². The monoisotopic (exact) mass is 250 g/mol. The minimum absolute atomic E-state index is 0.256. The van der Waals surface area contributed by atoms with Gasteiger partial charge in [0.15, 0.2) is 0 Å². The molecule has 17 heavy (non-hydrogen) atoms. The van der Waals surface area contributed by atoms with E-state index in [4.69, 9.17) is 16.9 Å². The number of halogens is 1. The van der Waals surface area contributed by atoms with Gasteiger partial charge in [0.1, 0.15) is 6.07 Å². The van der Waals surface area contributed by atoms with Gasteiger partial charge in [-0.15, -0.1) is 0 Å². The highest BCUT2D eigenvalue weighted by Crippen LogP contribution is 2.26. The van der Waals surface area contributed by atoms with Crippen molar-refractivity contribution in [2.75, 3.05) is 11.9 Å². The van der Waals surface area contributed by atoms with Gasteiger partial charge in [-0.1, -0.05) is 39.3 Å². The molecule has 0 heterocycles. The minimum Gasteiger partial charge on any atom is -0.384 e. The molecule has 0 saturated heterocycles. The second-order valence-corrected chi connectivity index (χ2v) is 5.89. The molecule has 0 aliphatic heterocycles. The van der Waals surface area contributed by atoms with E-state index < -0.39 is 0 Å². The van der Waals surface area contributed by atoms with Crippen molar-refractivity contribution in [3.8, 4) is 6.07 Å². The summed E-state index contributed by atoms with van der Waals surface area (Å²) in [6.45, 7) is 9.69. The van der Waals surface area contributed by atoms with Crippen molar-refractivity contribution < 1.29 is 0 Å². The van der Waals surface area contributed by atoms with Crippen LogP contribution in [0.2, 0.25) is 5.02 Å². The molecular formula is C14H19ClN2. The molecule has 1 unspecified atom stereocenters. The van der Waals surface area contributed by atoms with Gasteiger partial charge in [-0.3, -0.25) is 0 Å². The molecule has 0 fully saturated rings. The zero-order chi connectivity index (χ0) is 13.1. The van der Waals surface area contributed by atoms with Crippen LogP contribution in [0.1, 0.15) is 33.3 Å². The van der Waals surface area contributed by atoms with E-state index >= 15 is 0 Å². The van der Waals surface area contributed by atoms with E-state index in [-0.39, 0.29) is 5.41 Å². The van der Waals surface area contributed by atoms with E-state index in [1.165, 1.54) is 0 Å². The topological polar surface area (TPSA) is 35.8 Å². The average molecular weight is 251 g/mol. The molecule has 1 aromatic rings. The predicted octanol–water partition coefficient (Wildman–Crippen LogP) is 4.31. The highest BCUT2D eigenvalue weighted by Gasteiger charge is 2.19. The van der Waals surface area contributed by atoms with E-state index in [9.17, 15) is 0 Å². The molecule has 0 saturated carbocycles. The van der Waals surface area contributed by atoms with Crippen LogP contribution in [-0.4, -0.2) is 6.54 Å². The first-order valence-electron chi connectivity index (χ1n) is 5.78. The Labute approximate surface area is 109 Å². The van der Waals surface area contributed by atoms with Crippen LogP contribution in [0, 0.1) is 22.7 Å². The maximum atomic E-state index is 9.02. The molecule has 0 aliphatic rings. The molecule has 2 nitrogen and oxygen atoms in total. The first-order chi connectivity index (χ1) is 7.84. The summed E-state index contributed by atoms with van der Waals surface area (Å²) < 4.78 is 0. The van der Waals surface area contributed by atoms with Crippen LogP contribution in [0.3, 0.4) is 0 Å². The van der Waals surface area contributed by atoms with E-state index in [1.807, 2.05) is 6.07 Å². The second kappa shape index (κ2) is 5.42. The molecule has 3 heteroatoms. The van der Waals surface area contributed by atoms with E-state index in [2.05, 4.69) is 39.1 Å². The van der Waals surface area contributed by atoms with Crippen molar-refractivity contribution in [1.82, 2.24) is 0 Å². The molecule has 1 atom stereocenters. The number of hydrogen-bond acceptors (Lipinski definition) is 2. The molecule has 0 spiro atoms. The van der Waals surface area contributed by atoms with Crippen LogP contribution in [0.5, 0.6) is 0 Å². The molecule has 1 rings (SSSR count). The van der Waals surface area contributed by atoms with Gasteiger partial charge in [0, 0.05) is 11.6 Å². The van der Waals surface area contributed by atoms with Crippen LogP contribution in [0.15, 0.2) is 18.2 Å². The number of benzene rings is 1. The highest BCUT2D eigenvalue weighted by atomic mass is 35.5. The summed E-state index contributed by atoms with van der Waals surface area (Å²) in [4.78, 5) is 0. The lowest BCUT2D eigenvalue weighted by molar-refractivity contribution is 0.274. The molecular weight excluding hydrogens is 232 g/mol. The Balaban J connectivity index is 2.74. The van der Waals surface area contributed by atoms with Crippen LogP contribution in [-0.2, 0) is 0 Å².